The third-order valence-electron chi connectivity index (χ3n) is 6.85. The summed E-state index contributed by atoms with van der Waals surface area (Å²) in [5, 5.41) is 3.64. The van der Waals surface area contributed by atoms with Crippen LogP contribution in [-0.4, -0.2) is 47.2 Å². The SMILES string of the molecule is COc1ccc(CN(C)c2cc3ncc(-c4cc(NC(=O)N(C)c5ccnc(C(F)F)c5)cnc4C)cc3cn2)cc1. The third kappa shape index (κ3) is 6.25. The van der Waals surface area contributed by atoms with Gasteiger partial charge in [-0.1, -0.05) is 12.1 Å². The Morgan fingerprint density at radius 2 is 1.74 bits per heavy atom. The van der Waals surface area contributed by atoms with Crippen molar-refractivity contribution in [2.45, 2.75) is 19.9 Å². The van der Waals surface area contributed by atoms with Crippen molar-refractivity contribution >= 4 is 34.1 Å². The van der Waals surface area contributed by atoms with Crippen LogP contribution in [0.4, 0.5) is 30.8 Å². The molecule has 0 fully saturated rings. The number of halogens is 2. The van der Waals surface area contributed by atoms with Gasteiger partial charge in [0.25, 0.3) is 6.43 Å². The molecule has 4 heterocycles. The highest BCUT2D eigenvalue weighted by atomic mass is 19.3. The molecule has 1 aromatic carbocycles. The summed E-state index contributed by atoms with van der Waals surface area (Å²) < 4.78 is 31.3. The van der Waals surface area contributed by atoms with Gasteiger partial charge in [0.15, 0.2) is 0 Å². The summed E-state index contributed by atoms with van der Waals surface area (Å²) in [6.07, 6.45) is 3.61. The van der Waals surface area contributed by atoms with Crippen LogP contribution in [-0.2, 0) is 6.54 Å². The number of methoxy groups -OCH3 is 1. The molecule has 214 valence electrons. The van der Waals surface area contributed by atoms with Crippen molar-refractivity contribution in [1.29, 1.82) is 0 Å². The number of aryl methyl sites for hydroxylation is 1. The van der Waals surface area contributed by atoms with E-state index in [0.717, 1.165) is 44.9 Å². The van der Waals surface area contributed by atoms with Gasteiger partial charge in [-0.15, -0.1) is 0 Å². The first kappa shape index (κ1) is 28.3. The molecule has 0 saturated heterocycles. The average Bonchev–Trinajstić information content (AvgIpc) is 3.01. The number of ether oxygens (including phenoxy) is 1. The van der Waals surface area contributed by atoms with Crippen molar-refractivity contribution in [2.24, 2.45) is 0 Å². The maximum atomic E-state index is 13.1. The Bertz CT molecular complexity index is 1730. The van der Waals surface area contributed by atoms with Crippen LogP contribution in [0.1, 0.15) is 23.4 Å². The van der Waals surface area contributed by atoms with Crippen LogP contribution in [0.2, 0.25) is 0 Å². The van der Waals surface area contributed by atoms with Gasteiger partial charge >= 0.3 is 6.03 Å². The molecule has 0 spiro atoms. The first-order valence-electron chi connectivity index (χ1n) is 13.1. The normalized spacial score (nSPS) is 11.0. The molecule has 4 aromatic heterocycles. The summed E-state index contributed by atoms with van der Waals surface area (Å²) in [6, 6.07) is 15.8. The number of fused-ring (bicyclic) bond motifs is 1. The topological polar surface area (TPSA) is 96.4 Å². The fourth-order valence-corrected chi connectivity index (χ4v) is 4.44. The van der Waals surface area contributed by atoms with E-state index in [4.69, 9.17) is 4.74 Å². The van der Waals surface area contributed by atoms with Crippen LogP contribution in [0.3, 0.4) is 0 Å². The molecular weight excluding hydrogens is 540 g/mol. The number of pyridine rings is 4. The number of hydrogen-bond acceptors (Lipinski definition) is 7. The second kappa shape index (κ2) is 12.1. The molecule has 0 aliphatic heterocycles. The van der Waals surface area contributed by atoms with E-state index in [9.17, 15) is 13.6 Å². The average molecular weight is 570 g/mol. The van der Waals surface area contributed by atoms with Crippen molar-refractivity contribution in [1.82, 2.24) is 19.9 Å². The zero-order chi connectivity index (χ0) is 29.8. The van der Waals surface area contributed by atoms with Gasteiger partial charge in [-0.2, -0.15) is 0 Å². The van der Waals surface area contributed by atoms with Gasteiger partial charge in [0, 0.05) is 73.2 Å². The highest BCUT2D eigenvalue weighted by Crippen LogP contribution is 2.29. The van der Waals surface area contributed by atoms with E-state index in [1.165, 1.54) is 30.3 Å². The molecule has 1 N–H and O–H groups in total. The molecule has 0 saturated carbocycles. The molecule has 5 rings (SSSR count). The number of urea groups is 1. The fourth-order valence-electron chi connectivity index (χ4n) is 4.44. The summed E-state index contributed by atoms with van der Waals surface area (Å²) in [5.41, 5.74) is 4.61. The Hall–Kier alpha value is -5.19. The Labute approximate surface area is 241 Å². The van der Waals surface area contributed by atoms with Crippen molar-refractivity contribution in [3.63, 3.8) is 0 Å². The molecule has 0 bridgehead atoms. The largest absolute Gasteiger partial charge is 0.497 e. The second-order valence-corrected chi connectivity index (χ2v) is 9.75. The van der Waals surface area contributed by atoms with Crippen molar-refractivity contribution in [3.05, 3.63) is 96.3 Å². The lowest BCUT2D eigenvalue weighted by Crippen LogP contribution is -2.31. The van der Waals surface area contributed by atoms with Crippen LogP contribution in [0.25, 0.3) is 22.0 Å². The van der Waals surface area contributed by atoms with Gasteiger partial charge in [-0.25, -0.2) is 18.6 Å². The van der Waals surface area contributed by atoms with Crippen molar-refractivity contribution < 1.29 is 18.3 Å². The molecule has 9 nitrogen and oxygen atoms in total. The number of aromatic nitrogens is 4. The molecule has 0 aliphatic carbocycles. The first-order chi connectivity index (χ1) is 20.2. The lowest BCUT2D eigenvalue weighted by molar-refractivity contribution is 0.146. The van der Waals surface area contributed by atoms with Crippen LogP contribution in [0.5, 0.6) is 5.75 Å². The van der Waals surface area contributed by atoms with E-state index < -0.39 is 18.2 Å². The predicted molar refractivity (Wildman–Crippen MR) is 159 cm³/mol. The molecule has 0 radical (unpaired) electrons. The zero-order valence-electron chi connectivity index (χ0n) is 23.5. The lowest BCUT2D eigenvalue weighted by Gasteiger charge is -2.19. The van der Waals surface area contributed by atoms with Crippen molar-refractivity contribution in [2.75, 3.05) is 36.3 Å². The van der Waals surface area contributed by atoms with E-state index in [2.05, 4.69) is 25.3 Å². The minimum Gasteiger partial charge on any atom is -0.497 e. The summed E-state index contributed by atoms with van der Waals surface area (Å²) >= 11 is 0. The summed E-state index contributed by atoms with van der Waals surface area (Å²) in [7, 11) is 5.11. The molecular formula is C31H29F2N7O2. The lowest BCUT2D eigenvalue weighted by atomic mass is 10.0. The maximum absolute atomic E-state index is 13.1. The van der Waals surface area contributed by atoms with Crippen LogP contribution in [0, 0.1) is 6.92 Å². The smallest absolute Gasteiger partial charge is 0.326 e. The van der Waals surface area contributed by atoms with Crippen LogP contribution in [0.15, 0.2) is 79.4 Å². The number of benzene rings is 1. The Morgan fingerprint density at radius 1 is 0.952 bits per heavy atom. The number of hydrogen-bond donors (Lipinski definition) is 1. The number of nitrogens with zero attached hydrogens (tertiary/aromatic N) is 6. The number of alkyl halides is 2. The highest BCUT2D eigenvalue weighted by molar-refractivity contribution is 6.01. The predicted octanol–water partition coefficient (Wildman–Crippen LogP) is 6.65. The summed E-state index contributed by atoms with van der Waals surface area (Å²) in [5.74, 6) is 1.60. The van der Waals surface area contributed by atoms with E-state index in [-0.39, 0.29) is 0 Å². The number of nitrogens with one attached hydrogen (secondary N) is 1. The Morgan fingerprint density at radius 3 is 2.48 bits per heavy atom. The summed E-state index contributed by atoms with van der Waals surface area (Å²) in [6.45, 7) is 2.54. The van der Waals surface area contributed by atoms with Crippen LogP contribution >= 0.6 is 0 Å². The number of rotatable bonds is 8. The fraction of sp³-hybridized carbons (Fsp3) is 0.194. The minimum atomic E-state index is -2.73. The molecule has 2 amide bonds. The van der Waals surface area contributed by atoms with Gasteiger partial charge < -0.3 is 15.0 Å². The summed E-state index contributed by atoms with van der Waals surface area (Å²) in [4.78, 5) is 33.6. The third-order valence-corrected chi connectivity index (χ3v) is 6.85. The number of carbonyl (C=O) groups is 1. The molecule has 0 unspecified atom stereocenters. The van der Waals surface area contributed by atoms with Gasteiger partial charge in [0.2, 0.25) is 0 Å². The Balaban J connectivity index is 1.33. The van der Waals surface area contributed by atoms with Crippen LogP contribution < -0.4 is 19.9 Å². The molecule has 0 atom stereocenters. The number of anilines is 3. The van der Waals surface area contributed by atoms with E-state index in [1.54, 1.807) is 31.8 Å². The minimum absolute atomic E-state index is 0.290. The van der Waals surface area contributed by atoms with Gasteiger partial charge in [0.05, 0.1) is 24.5 Å². The molecule has 11 heteroatoms. The number of amides is 2. The monoisotopic (exact) mass is 569 g/mol. The molecule has 5 aromatic rings. The van der Waals surface area contributed by atoms with Gasteiger partial charge in [0.1, 0.15) is 17.3 Å². The van der Waals surface area contributed by atoms with E-state index in [0.29, 0.717) is 17.9 Å². The van der Waals surface area contributed by atoms with Gasteiger partial charge in [-0.3, -0.25) is 19.9 Å². The maximum Gasteiger partial charge on any atom is 0.326 e. The second-order valence-electron chi connectivity index (χ2n) is 9.75. The van der Waals surface area contributed by atoms with Crippen molar-refractivity contribution in [3.8, 4) is 16.9 Å². The Kier molecular flexibility index (Phi) is 8.19. The van der Waals surface area contributed by atoms with Gasteiger partial charge in [-0.05, 0) is 48.9 Å². The quantitative estimate of drug-likeness (QED) is 0.224. The molecule has 0 aliphatic rings. The zero-order valence-corrected chi connectivity index (χ0v) is 23.5. The first-order valence-corrected chi connectivity index (χ1v) is 13.1. The molecule has 42 heavy (non-hydrogen) atoms. The number of carbonyl (C=O) groups excluding carboxylic acids is 1. The standard InChI is InChI=1S/C31H29F2N7O2/c1-19-26(12-23(17-35-19)38-31(41)40(3)24-9-10-34-28(13-24)30(32)33)21-11-22-16-37-29(14-27(22)36-15-21)39(2)18-20-5-7-25(42-4)8-6-20/h5-17,30H,18H2,1-4H3,(H,38,41). The van der Waals surface area contributed by atoms with E-state index in [1.807, 2.05) is 55.3 Å². The van der Waals surface area contributed by atoms with E-state index >= 15 is 0 Å². The highest BCUT2D eigenvalue weighted by Gasteiger charge is 2.16.